The van der Waals surface area contributed by atoms with Crippen molar-refractivity contribution in [2.75, 3.05) is 32.8 Å². The molecular weight excluding hydrogens is 298 g/mol. The Morgan fingerprint density at radius 2 is 2.04 bits per heavy atom. The van der Waals surface area contributed by atoms with E-state index < -0.39 is 11.9 Å². The molecule has 7 nitrogen and oxygen atoms in total. The molecular formula is C16H25N3O4. The highest BCUT2D eigenvalue weighted by Gasteiger charge is 2.29. The summed E-state index contributed by atoms with van der Waals surface area (Å²) in [6.07, 6.45) is 1.42. The lowest BCUT2D eigenvalue weighted by atomic mass is 10.0. The number of ether oxygens (including phenoxy) is 1. The molecule has 1 aliphatic rings. The third-order valence-electron chi connectivity index (χ3n) is 4.05. The molecule has 0 bridgehead atoms. The van der Waals surface area contributed by atoms with Gasteiger partial charge in [-0.15, -0.1) is 0 Å². The zero-order chi connectivity index (χ0) is 16.9. The predicted octanol–water partition coefficient (Wildman–Crippen LogP) is 0.625. The predicted molar refractivity (Wildman–Crippen MR) is 85.1 cm³/mol. The summed E-state index contributed by atoms with van der Waals surface area (Å²) in [7, 11) is 0. The maximum absolute atomic E-state index is 12.2. The highest BCUT2D eigenvalue weighted by atomic mass is 16.5. The zero-order valence-corrected chi connectivity index (χ0v) is 13.9. The molecule has 2 heterocycles. The number of nitrogens with one attached hydrogen (secondary N) is 2. The number of morpholine rings is 1. The molecule has 1 atom stereocenters. The first-order valence-corrected chi connectivity index (χ1v) is 7.85. The van der Waals surface area contributed by atoms with Crippen LogP contribution in [-0.2, 0) is 9.53 Å². The highest BCUT2D eigenvalue weighted by Crippen LogP contribution is 2.15. The van der Waals surface area contributed by atoms with Crippen molar-refractivity contribution in [2.24, 2.45) is 0 Å². The summed E-state index contributed by atoms with van der Waals surface area (Å²) in [4.78, 5) is 26.3. The van der Waals surface area contributed by atoms with Crippen LogP contribution in [0.3, 0.4) is 0 Å². The lowest BCUT2D eigenvalue weighted by Crippen LogP contribution is -2.57. The van der Waals surface area contributed by atoms with Crippen molar-refractivity contribution in [3.05, 3.63) is 24.2 Å². The zero-order valence-electron chi connectivity index (χ0n) is 13.9. The minimum atomic E-state index is -0.631. The highest BCUT2D eigenvalue weighted by molar-refractivity contribution is 5.95. The SMILES string of the molecule is CC(NC(=O)c1ccco1)C(=O)NCC(C)(C)N1CCOCC1. The van der Waals surface area contributed by atoms with E-state index in [9.17, 15) is 9.59 Å². The minimum Gasteiger partial charge on any atom is -0.459 e. The average Bonchev–Trinajstić information content (AvgIpc) is 3.08. The van der Waals surface area contributed by atoms with Crippen LogP contribution in [0.4, 0.5) is 0 Å². The van der Waals surface area contributed by atoms with E-state index in [2.05, 4.69) is 29.4 Å². The number of nitrogens with zero attached hydrogens (tertiary/aromatic N) is 1. The number of hydrogen-bond donors (Lipinski definition) is 2. The van der Waals surface area contributed by atoms with Crippen molar-refractivity contribution < 1.29 is 18.7 Å². The van der Waals surface area contributed by atoms with E-state index in [1.54, 1.807) is 19.1 Å². The summed E-state index contributed by atoms with van der Waals surface area (Å²) in [6.45, 7) is 9.47. The third-order valence-corrected chi connectivity index (χ3v) is 4.05. The maximum atomic E-state index is 12.2. The number of furan rings is 1. The largest absolute Gasteiger partial charge is 0.459 e. The Labute approximate surface area is 136 Å². The second-order valence-electron chi connectivity index (χ2n) is 6.30. The fraction of sp³-hybridized carbons (Fsp3) is 0.625. The van der Waals surface area contributed by atoms with Gasteiger partial charge in [0.2, 0.25) is 5.91 Å². The van der Waals surface area contributed by atoms with Gasteiger partial charge in [0.25, 0.3) is 5.91 Å². The standard InChI is InChI=1S/C16H25N3O4/c1-12(18-15(21)13-5-4-8-23-13)14(20)17-11-16(2,3)19-6-9-22-10-7-19/h4-5,8,12H,6-7,9-11H2,1-3H3,(H,17,20)(H,18,21). The fourth-order valence-corrected chi connectivity index (χ4v) is 2.48. The summed E-state index contributed by atoms with van der Waals surface area (Å²) in [5, 5.41) is 5.52. The quantitative estimate of drug-likeness (QED) is 0.802. The number of amides is 2. The van der Waals surface area contributed by atoms with Crippen LogP contribution in [0, 0.1) is 0 Å². The van der Waals surface area contributed by atoms with Crippen LogP contribution in [-0.4, -0.2) is 61.1 Å². The summed E-state index contributed by atoms with van der Waals surface area (Å²) in [6, 6.07) is 2.56. The molecule has 1 fully saturated rings. The van der Waals surface area contributed by atoms with E-state index in [0.29, 0.717) is 19.8 Å². The second-order valence-corrected chi connectivity index (χ2v) is 6.30. The molecule has 1 unspecified atom stereocenters. The van der Waals surface area contributed by atoms with Crippen LogP contribution in [0.1, 0.15) is 31.3 Å². The van der Waals surface area contributed by atoms with Gasteiger partial charge in [-0.25, -0.2) is 0 Å². The van der Waals surface area contributed by atoms with Gasteiger partial charge < -0.3 is 19.8 Å². The van der Waals surface area contributed by atoms with Crippen molar-refractivity contribution in [3.8, 4) is 0 Å². The molecule has 0 saturated carbocycles. The number of hydrogen-bond acceptors (Lipinski definition) is 5. The van der Waals surface area contributed by atoms with Gasteiger partial charge in [0.1, 0.15) is 6.04 Å². The first kappa shape index (κ1) is 17.5. The molecule has 7 heteroatoms. The topological polar surface area (TPSA) is 83.8 Å². The lowest BCUT2D eigenvalue weighted by molar-refractivity contribution is -0.123. The molecule has 0 aromatic carbocycles. The first-order chi connectivity index (χ1) is 10.9. The summed E-state index contributed by atoms with van der Waals surface area (Å²) >= 11 is 0. The second kappa shape index (κ2) is 7.61. The molecule has 23 heavy (non-hydrogen) atoms. The van der Waals surface area contributed by atoms with Gasteiger partial charge >= 0.3 is 0 Å². The average molecular weight is 323 g/mol. The smallest absolute Gasteiger partial charge is 0.287 e. The van der Waals surface area contributed by atoms with Gasteiger partial charge in [-0.1, -0.05) is 0 Å². The van der Waals surface area contributed by atoms with Crippen LogP contribution in [0.5, 0.6) is 0 Å². The van der Waals surface area contributed by atoms with Crippen molar-refractivity contribution in [1.82, 2.24) is 15.5 Å². The monoisotopic (exact) mass is 323 g/mol. The lowest BCUT2D eigenvalue weighted by Gasteiger charge is -2.41. The third kappa shape index (κ3) is 4.80. The number of rotatable bonds is 6. The van der Waals surface area contributed by atoms with Gasteiger partial charge in [-0.3, -0.25) is 14.5 Å². The molecule has 1 aromatic heterocycles. The summed E-state index contributed by atoms with van der Waals surface area (Å²) in [5.41, 5.74) is -0.163. The van der Waals surface area contributed by atoms with E-state index in [-0.39, 0.29) is 17.2 Å². The molecule has 2 amide bonds. The Bertz CT molecular complexity index is 521. The van der Waals surface area contributed by atoms with Gasteiger partial charge in [0.15, 0.2) is 5.76 Å². The summed E-state index contributed by atoms with van der Waals surface area (Å²) < 4.78 is 10.4. The number of carbonyl (C=O) groups excluding carboxylic acids is 2. The Morgan fingerprint density at radius 3 is 2.65 bits per heavy atom. The van der Waals surface area contributed by atoms with E-state index in [1.807, 2.05) is 0 Å². The molecule has 1 saturated heterocycles. The van der Waals surface area contributed by atoms with Gasteiger partial charge in [0.05, 0.1) is 19.5 Å². The van der Waals surface area contributed by atoms with E-state index >= 15 is 0 Å². The van der Waals surface area contributed by atoms with Crippen LogP contribution < -0.4 is 10.6 Å². The van der Waals surface area contributed by atoms with Gasteiger partial charge in [-0.05, 0) is 32.9 Å². The Balaban J connectivity index is 1.80. The van der Waals surface area contributed by atoms with E-state index in [1.165, 1.54) is 6.26 Å². The first-order valence-electron chi connectivity index (χ1n) is 7.85. The van der Waals surface area contributed by atoms with E-state index in [0.717, 1.165) is 13.1 Å². The molecule has 1 aliphatic heterocycles. The van der Waals surface area contributed by atoms with Crippen molar-refractivity contribution in [1.29, 1.82) is 0 Å². The Hall–Kier alpha value is -1.86. The van der Waals surface area contributed by atoms with E-state index in [4.69, 9.17) is 9.15 Å². The Morgan fingerprint density at radius 1 is 1.35 bits per heavy atom. The molecule has 0 spiro atoms. The normalized spacial score (nSPS) is 17.5. The fourth-order valence-electron chi connectivity index (χ4n) is 2.48. The molecule has 1 aromatic rings. The molecule has 128 valence electrons. The minimum absolute atomic E-state index is 0.163. The molecule has 2 rings (SSSR count). The van der Waals surface area contributed by atoms with Crippen molar-refractivity contribution >= 4 is 11.8 Å². The summed E-state index contributed by atoms with van der Waals surface area (Å²) in [5.74, 6) is -0.422. The molecule has 0 aliphatic carbocycles. The van der Waals surface area contributed by atoms with Crippen molar-refractivity contribution in [3.63, 3.8) is 0 Å². The molecule has 0 radical (unpaired) electrons. The van der Waals surface area contributed by atoms with Crippen LogP contribution >= 0.6 is 0 Å². The van der Waals surface area contributed by atoms with Crippen LogP contribution in [0.2, 0.25) is 0 Å². The van der Waals surface area contributed by atoms with Crippen LogP contribution in [0.15, 0.2) is 22.8 Å². The van der Waals surface area contributed by atoms with Crippen molar-refractivity contribution in [2.45, 2.75) is 32.4 Å². The maximum Gasteiger partial charge on any atom is 0.287 e. The molecule has 2 N–H and O–H groups in total. The van der Waals surface area contributed by atoms with Crippen LogP contribution in [0.25, 0.3) is 0 Å². The van der Waals surface area contributed by atoms with Gasteiger partial charge in [-0.2, -0.15) is 0 Å². The van der Waals surface area contributed by atoms with Gasteiger partial charge in [0, 0.05) is 25.2 Å². The number of carbonyl (C=O) groups is 2. The Kier molecular flexibility index (Phi) is 5.79.